The first kappa shape index (κ1) is 12.6. The average molecular weight is 271 g/mol. The number of rotatable bonds is 4. The Kier molecular flexibility index (Phi) is 4.21. The van der Waals surface area contributed by atoms with Gasteiger partial charge in [0.2, 0.25) is 0 Å². The number of hydrogen-bond acceptors (Lipinski definition) is 1. The average Bonchev–Trinajstić information content (AvgIpc) is 2.21. The van der Waals surface area contributed by atoms with E-state index in [1.807, 2.05) is 6.07 Å². The van der Waals surface area contributed by atoms with E-state index in [-0.39, 0.29) is 5.41 Å². The van der Waals surface area contributed by atoms with Crippen LogP contribution in [0.2, 0.25) is 0 Å². The molecule has 0 amide bonds. The first-order valence-electron chi connectivity index (χ1n) is 5.18. The maximum Gasteiger partial charge on any atom is 0.122 e. The van der Waals surface area contributed by atoms with Crippen molar-refractivity contribution >= 4 is 15.9 Å². The molecule has 0 atom stereocenters. The normalized spacial score (nSPS) is 11.5. The first-order valence-corrected chi connectivity index (χ1v) is 6.31. The molecule has 0 fully saturated rings. The summed E-state index contributed by atoms with van der Waals surface area (Å²) in [5, 5.41) is 1.01. The van der Waals surface area contributed by atoms with E-state index in [9.17, 15) is 0 Å². The Morgan fingerprint density at radius 3 is 2.53 bits per heavy atom. The van der Waals surface area contributed by atoms with Crippen molar-refractivity contribution in [2.45, 2.75) is 27.2 Å². The fraction of sp³-hybridized carbons (Fsp3) is 0.538. The number of benzene rings is 1. The largest absolute Gasteiger partial charge is 0.496 e. The first-order chi connectivity index (χ1) is 7.00. The third-order valence-electron chi connectivity index (χ3n) is 2.65. The van der Waals surface area contributed by atoms with E-state index in [4.69, 9.17) is 4.74 Å². The van der Waals surface area contributed by atoms with E-state index in [1.165, 1.54) is 11.1 Å². The van der Waals surface area contributed by atoms with Gasteiger partial charge in [0.15, 0.2) is 0 Å². The molecule has 0 aromatic heterocycles. The van der Waals surface area contributed by atoms with E-state index in [1.54, 1.807) is 7.11 Å². The molecule has 1 aromatic carbocycles. The second kappa shape index (κ2) is 5.02. The third-order valence-corrected chi connectivity index (χ3v) is 4.16. The highest BCUT2D eigenvalue weighted by Crippen LogP contribution is 2.29. The summed E-state index contributed by atoms with van der Waals surface area (Å²) < 4.78 is 5.32. The number of ether oxygens (including phenoxy) is 1. The van der Waals surface area contributed by atoms with Gasteiger partial charge in [-0.25, -0.2) is 0 Å². The Morgan fingerprint density at radius 2 is 2.00 bits per heavy atom. The topological polar surface area (TPSA) is 9.23 Å². The Bertz CT molecular complexity index is 331. The van der Waals surface area contributed by atoms with Crippen molar-refractivity contribution in [3.05, 3.63) is 29.3 Å². The Hall–Kier alpha value is -0.500. The maximum atomic E-state index is 5.32. The van der Waals surface area contributed by atoms with Gasteiger partial charge >= 0.3 is 0 Å². The molecule has 0 bridgehead atoms. The summed E-state index contributed by atoms with van der Waals surface area (Å²) in [6.45, 7) is 6.65. The van der Waals surface area contributed by atoms with Crippen LogP contribution in [0.1, 0.15) is 25.0 Å². The highest BCUT2D eigenvalue weighted by Gasteiger charge is 2.18. The molecule has 84 valence electrons. The van der Waals surface area contributed by atoms with Crippen LogP contribution in [0.4, 0.5) is 0 Å². The fourth-order valence-electron chi connectivity index (χ4n) is 1.64. The Labute approximate surface area is 101 Å². The van der Waals surface area contributed by atoms with Gasteiger partial charge < -0.3 is 4.74 Å². The molecule has 1 nitrogen and oxygen atoms in total. The smallest absolute Gasteiger partial charge is 0.122 e. The predicted octanol–water partition coefficient (Wildman–Crippen LogP) is 3.97. The van der Waals surface area contributed by atoms with E-state index < -0.39 is 0 Å². The summed E-state index contributed by atoms with van der Waals surface area (Å²) in [6, 6.07) is 6.26. The quantitative estimate of drug-likeness (QED) is 0.753. The van der Waals surface area contributed by atoms with Gasteiger partial charge in [-0.3, -0.25) is 0 Å². The van der Waals surface area contributed by atoms with Crippen LogP contribution in [0.3, 0.4) is 0 Å². The third kappa shape index (κ3) is 3.23. The number of hydrogen-bond donors (Lipinski definition) is 0. The summed E-state index contributed by atoms with van der Waals surface area (Å²) in [4.78, 5) is 0. The number of halogens is 1. The molecule has 2 heteroatoms. The highest BCUT2D eigenvalue weighted by molar-refractivity contribution is 9.09. The van der Waals surface area contributed by atoms with Crippen LogP contribution in [0, 0.1) is 12.3 Å². The molecule has 0 N–H and O–H groups in total. The monoisotopic (exact) mass is 270 g/mol. The maximum absolute atomic E-state index is 5.32. The molecule has 0 heterocycles. The van der Waals surface area contributed by atoms with Crippen LogP contribution < -0.4 is 4.74 Å². The molecule has 0 aliphatic rings. The molecule has 0 aliphatic heterocycles. The SMILES string of the molecule is COc1cccc(CC(C)(C)CBr)c1C. The standard InChI is InChI=1S/C13H19BrO/c1-10-11(8-13(2,3)9-14)6-5-7-12(10)15-4/h5-7H,8-9H2,1-4H3. The molecule has 1 aromatic rings. The minimum atomic E-state index is 0.289. The molecule has 0 aliphatic carbocycles. The van der Waals surface area contributed by atoms with Gasteiger partial charge in [-0.05, 0) is 36.0 Å². The molecule has 1 rings (SSSR count). The number of methoxy groups -OCH3 is 1. The molecule has 0 saturated heterocycles. The lowest BCUT2D eigenvalue weighted by molar-refractivity contribution is 0.403. The van der Waals surface area contributed by atoms with Crippen molar-refractivity contribution in [3.8, 4) is 5.75 Å². The van der Waals surface area contributed by atoms with E-state index in [2.05, 4.69) is 48.8 Å². The Balaban J connectivity index is 2.95. The molecule has 0 saturated carbocycles. The zero-order chi connectivity index (χ0) is 11.5. The van der Waals surface area contributed by atoms with Crippen molar-refractivity contribution in [3.63, 3.8) is 0 Å². The molecule has 0 spiro atoms. The summed E-state index contributed by atoms with van der Waals surface area (Å²) in [6.07, 6.45) is 1.07. The van der Waals surface area contributed by atoms with Gasteiger partial charge in [-0.1, -0.05) is 41.9 Å². The summed E-state index contributed by atoms with van der Waals surface area (Å²) in [5.74, 6) is 0.984. The molecule has 15 heavy (non-hydrogen) atoms. The van der Waals surface area contributed by atoms with Gasteiger partial charge in [0.05, 0.1) is 7.11 Å². The number of alkyl halides is 1. The van der Waals surface area contributed by atoms with Crippen LogP contribution >= 0.6 is 15.9 Å². The van der Waals surface area contributed by atoms with Crippen LogP contribution in [-0.4, -0.2) is 12.4 Å². The van der Waals surface area contributed by atoms with E-state index >= 15 is 0 Å². The summed E-state index contributed by atoms with van der Waals surface area (Å²) >= 11 is 3.56. The minimum absolute atomic E-state index is 0.289. The van der Waals surface area contributed by atoms with Crippen molar-refractivity contribution < 1.29 is 4.74 Å². The zero-order valence-corrected chi connectivity index (χ0v) is 11.5. The molecule has 0 radical (unpaired) electrons. The molecular weight excluding hydrogens is 252 g/mol. The second-order valence-electron chi connectivity index (χ2n) is 4.72. The fourth-order valence-corrected chi connectivity index (χ4v) is 1.83. The van der Waals surface area contributed by atoms with Crippen LogP contribution in [0.25, 0.3) is 0 Å². The lowest BCUT2D eigenvalue weighted by Crippen LogP contribution is -2.17. The van der Waals surface area contributed by atoms with Gasteiger partial charge in [0.25, 0.3) is 0 Å². The lowest BCUT2D eigenvalue weighted by atomic mass is 9.86. The zero-order valence-electron chi connectivity index (χ0n) is 9.93. The summed E-state index contributed by atoms with van der Waals surface area (Å²) in [5.41, 5.74) is 2.92. The van der Waals surface area contributed by atoms with Gasteiger partial charge in [0.1, 0.15) is 5.75 Å². The van der Waals surface area contributed by atoms with Crippen molar-refractivity contribution in [1.82, 2.24) is 0 Å². The summed E-state index contributed by atoms with van der Waals surface area (Å²) in [7, 11) is 1.72. The van der Waals surface area contributed by atoms with Crippen molar-refractivity contribution in [1.29, 1.82) is 0 Å². The molecular formula is C13H19BrO. The van der Waals surface area contributed by atoms with Gasteiger partial charge in [-0.15, -0.1) is 0 Å². The highest BCUT2D eigenvalue weighted by atomic mass is 79.9. The van der Waals surface area contributed by atoms with Crippen LogP contribution in [0.5, 0.6) is 5.75 Å². The van der Waals surface area contributed by atoms with Crippen LogP contribution in [0.15, 0.2) is 18.2 Å². The van der Waals surface area contributed by atoms with Crippen LogP contribution in [-0.2, 0) is 6.42 Å². The second-order valence-corrected chi connectivity index (χ2v) is 5.28. The van der Waals surface area contributed by atoms with Gasteiger partial charge in [0, 0.05) is 5.33 Å². The van der Waals surface area contributed by atoms with E-state index in [0.29, 0.717) is 0 Å². The lowest BCUT2D eigenvalue weighted by Gasteiger charge is -2.23. The minimum Gasteiger partial charge on any atom is -0.496 e. The van der Waals surface area contributed by atoms with Gasteiger partial charge in [-0.2, -0.15) is 0 Å². The predicted molar refractivity (Wildman–Crippen MR) is 69.0 cm³/mol. The molecule has 0 unspecified atom stereocenters. The van der Waals surface area contributed by atoms with E-state index in [0.717, 1.165) is 17.5 Å². The Morgan fingerprint density at radius 1 is 1.33 bits per heavy atom. The van der Waals surface area contributed by atoms with Crippen molar-refractivity contribution in [2.24, 2.45) is 5.41 Å². The van der Waals surface area contributed by atoms with Crippen molar-refractivity contribution in [2.75, 3.05) is 12.4 Å².